The summed E-state index contributed by atoms with van der Waals surface area (Å²) in [6.07, 6.45) is 1.22. The summed E-state index contributed by atoms with van der Waals surface area (Å²) in [6, 6.07) is 6.64. The molecule has 2 N–H and O–H groups in total. The Morgan fingerprint density at radius 2 is 2.13 bits per heavy atom. The molecule has 0 saturated carbocycles. The molecule has 15 heavy (non-hydrogen) atoms. The Kier molecular flexibility index (Phi) is 3.17. The van der Waals surface area contributed by atoms with Gasteiger partial charge in [0.2, 0.25) is 0 Å². The van der Waals surface area contributed by atoms with E-state index in [2.05, 4.69) is 48.0 Å². The van der Waals surface area contributed by atoms with Crippen molar-refractivity contribution >= 4 is 15.9 Å². The van der Waals surface area contributed by atoms with Gasteiger partial charge in [0.25, 0.3) is 0 Å². The minimum atomic E-state index is 0.570. The first-order valence-corrected chi connectivity index (χ1v) is 6.42. The standard InChI is InChI=1S/C13H18BrN/c1-8(2)12-5-9(7-15)11-4-3-10(14)6-13(11)12/h3-4,6,8-9,12H,5,7,15H2,1-2H3. The van der Waals surface area contributed by atoms with Crippen molar-refractivity contribution in [3.63, 3.8) is 0 Å². The minimum Gasteiger partial charge on any atom is -0.330 e. The maximum absolute atomic E-state index is 5.84. The van der Waals surface area contributed by atoms with Crippen LogP contribution in [0.15, 0.2) is 22.7 Å². The van der Waals surface area contributed by atoms with Crippen molar-refractivity contribution in [3.8, 4) is 0 Å². The quantitative estimate of drug-likeness (QED) is 0.870. The molecule has 0 aliphatic heterocycles. The largest absolute Gasteiger partial charge is 0.330 e. The first kappa shape index (κ1) is 11.2. The fourth-order valence-electron chi connectivity index (χ4n) is 2.65. The Bertz CT molecular complexity index is 360. The normalized spacial score (nSPS) is 24.6. The Morgan fingerprint density at radius 3 is 2.73 bits per heavy atom. The molecule has 0 saturated heterocycles. The van der Waals surface area contributed by atoms with Crippen LogP contribution in [-0.4, -0.2) is 6.54 Å². The molecule has 0 amide bonds. The molecule has 1 aromatic rings. The van der Waals surface area contributed by atoms with Crippen LogP contribution in [0.2, 0.25) is 0 Å². The molecule has 0 bridgehead atoms. The summed E-state index contributed by atoms with van der Waals surface area (Å²) < 4.78 is 1.18. The van der Waals surface area contributed by atoms with Gasteiger partial charge in [-0.1, -0.05) is 35.8 Å². The summed E-state index contributed by atoms with van der Waals surface area (Å²) in [5, 5.41) is 0. The van der Waals surface area contributed by atoms with E-state index in [4.69, 9.17) is 5.73 Å². The Morgan fingerprint density at radius 1 is 1.40 bits per heavy atom. The van der Waals surface area contributed by atoms with Crippen LogP contribution < -0.4 is 5.73 Å². The van der Waals surface area contributed by atoms with Crippen molar-refractivity contribution in [2.45, 2.75) is 32.1 Å². The van der Waals surface area contributed by atoms with Gasteiger partial charge in [-0.15, -0.1) is 0 Å². The van der Waals surface area contributed by atoms with Crippen LogP contribution in [0.3, 0.4) is 0 Å². The number of fused-ring (bicyclic) bond motifs is 1. The van der Waals surface area contributed by atoms with E-state index >= 15 is 0 Å². The van der Waals surface area contributed by atoms with Crippen molar-refractivity contribution in [1.82, 2.24) is 0 Å². The Balaban J connectivity index is 2.43. The molecule has 2 unspecified atom stereocenters. The van der Waals surface area contributed by atoms with E-state index in [1.165, 1.54) is 22.0 Å². The third kappa shape index (κ3) is 1.98. The number of nitrogens with two attached hydrogens (primary N) is 1. The topological polar surface area (TPSA) is 26.0 Å². The van der Waals surface area contributed by atoms with E-state index in [1.54, 1.807) is 0 Å². The first-order chi connectivity index (χ1) is 7.13. The Hall–Kier alpha value is -0.340. The highest BCUT2D eigenvalue weighted by atomic mass is 79.9. The van der Waals surface area contributed by atoms with Crippen LogP contribution in [0.4, 0.5) is 0 Å². The van der Waals surface area contributed by atoms with Gasteiger partial charge in [0, 0.05) is 4.47 Å². The van der Waals surface area contributed by atoms with Crippen molar-refractivity contribution in [2.24, 2.45) is 11.7 Å². The van der Waals surface area contributed by atoms with Gasteiger partial charge in [-0.05, 0) is 54.0 Å². The predicted octanol–water partition coefficient (Wildman–Crippen LogP) is 3.63. The SMILES string of the molecule is CC(C)C1CC(CN)c2ccc(Br)cc21. The van der Waals surface area contributed by atoms with Crippen molar-refractivity contribution < 1.29 is 0 Å². The molecule has 1 aliphatic carbocycles. The van der Waals surface area contributed by atoms with Gasteiger partial charge in [-0.25, -0.2) is 0 Å². The van der Waals surface area contributed by atoms with E-state index in [9.17, 15) is 0 Å². The lowest BCUT2D eigenvalue weighted by atomic mass is 9.90. The van der Waals surface area contributed by atoms with Crippen molar-refractivity contribution in [3.05, 3.63) is 33.8 Å². The number of hydrogen-bond donors (Lipinski definition) is 1. The molecular formula is C13H18BrN. The predicted molar refractivity (Wildman–Crippen MR) is 68.1 cm³/mol. The third-order valence-corrected chi connectivity index (χ3v) is 4.01. The number of halogens is 1. The van der Waals surface area contributed by atoms with Gasteiger partial charge >= 0.3 is 0 Å². The molecule has 0 fully saturated rings. The van der Waals surface area contributed by atoms with Crippen LogP contribution >= 0.6 is 15.9 Å². The van der Waals surface area contributed by atoms with Gasteiger partial charge in [-0.3, -0.25) is 0 Å². The summed E-state index contributed by atoms with van der Waals surface area (Å²) in [5.41, 5.74) is 8.82. The van der Waals surface area contributed by atoms with Crippen LogP contribution in [0.5, 0.6) is 0 Å². The highest BCUT2D eigenvalue weighted by molar-refractivity contribution is 9.10. The lowest BCUT2D eigenvalue weighted by Crippen LogP contribution is -2.10. The molecule has 1 aliphatic rings. The van der Waals surface area contributed by atoms with Gasteiger partial charge in [0.15, 0.2) is 0 Å². The zero-order chi connectivity index (χ0) is 11.0. The smallest absolute Gasteiger partial charge is 0.0178 e. The van der Waals surface area contributed by atoms with Crippen LogP contribution in [0.25, 0.3) is 0 Å². The summed E-state index contributed by atoms with van der Waals surface area (Å²) in [5.74, 6) is 1.96. The molecule has 2 atom stereocenters. The molecule has 0 heterocycles. The van der Waals surface area contributed by atoms with Gasteiger partial charge < -0.3 is 5.73 Å². The van der Waals surface area contributed by atoms with Crippen LogP contribution in [-0.2, 0) is 0 Å². The second-order valence-electron chi connectivity index (χ2n) is 4.79. The maximum atomic E-state index is 5.84. The second-order valence-corrected chi connectivity index (χ2v) is 5.71. The molecule has 0 spiro atoms. The monoisotopic (exact) mass is 267 g/mol. The number of benzene rings is 1. The Labute approximate surface area is 100 Å². The van der Waals surface area contributed by atoms with Gasteiger partial charge in [0.05, 0.1) is 0 Å². The van der Waals surface area contributed by atoms with Crippen LogP contribution in [0.1, 0.15) is 43.2 Å². The van der Waals surface area contributed by atoms with Gasteiger partial charge in [0.1, 0.15) is 0 Å². The zero-order valence-corrected chi connectivity index (χ0v) is 10.9. The summed E-state index contributed by atoms with van der Waals surface area (Å²) in [7, 11) is 0. The maximum Gasteiger partial charge on any atom is 0.0178 e. The molecule has 2 heteroatoms. The van der Waals surface area contributed by atoms with E-state index in [-0.39, 0.29) is 0 Å². The first-order valence-electron chi connectivity index (χ1n) is 5.63. The van der Waals surface area contributed by atoms with E-state index < -0.39 is 0 Å². The second kappa shape index (κ2) is 4.26. The summed E-state index contributed by atoms with van der Waals surface area (Å²) in [6.45, 7) is 5.38. The van der Waals surface area contributed by atoms with Gasteiger partial charge in [-0.2, -0.15) is 0 Å². The number of rotatable bonds is 2. The van der Waals surface area contributed by atoms with Crippen molar-refractivity contribution in [1.29, 1.82) is 0 Å². The van der Waals surface area contributed by atoms with E-state index in [0.29, 0.717) is 17.8 Å². The highest BCUT2D eigenvalue weighted by Crippen LogP contribution is 2.45. The molecule has 0 aromatic heterocycles. The highest BCUT2D eigenvalue weighted by Gasteiger charge is 2.31. The summed E-state index contributed by atoms with van der Waals surface area (Å²) in [4.78, 5) is 0. The lowest BCUT2D eigenvalue weighted by Gasteiger charge is -2.15. The average molecular weight is 268 g/mol. The minimum absolute atomic E-state index is 0.570. The molecule has 1 nitrogen and oxygen atoms in total. The zero-order valence-electron chi connectivity index (χ0n) is 9.33. The summed E-state index contributed by atoms with van der Waals surface area (Å²) >= 11 is 3.55. The average Bonchev–Trinajstić information content (AvgIpc) is 2.55. The fraction of sp³-hybridized carbons (Fsp3) is 0.538. The molecule has 82 valence electrons. The molecule has 1 aromatic carbocycles. The molecule has 0 radical (unpaired) electrons. The van der Waals surface area contributed by atoms with E-state index in [1.807, 2.05) is 0 Å². The lowest BCUT2D eigenvalue weighted by molar-refractivity contribution is 0.468. The molecular weight excluding hydrogens is 250 g/mol. The van der Waals surface area contributed by atoms with E-state index in [0.717, 1.165) is 6.54 Å². The fourth-order valence-corrected chi connectivity index (χ4v) is 3.03. The number of hydrogen-bond acceptors (Lipinski definition) is 1. The molecule has 2 rings (SSSR count). The van der Waals surface area contributed by atoms with Crippen molar-refractivity contribution in [2.75, 3.05) is 6.54 Å². The third-order valence-electron chi connectivity index (χ3n) is 3.52. The van der Waals surface area contributed by atoms with Crippen LogP contribution in [0, 0.1) is 5.92 Å².